The number of aromatic nitrogens is 3. The van der Waals surface area contributed by atoms with Crippen molar-refractivity contribution in [3.05, 3.63) is 23.4 Å². The number of primary amides is 1. The fraction of sp³-hybridized carbons (Fsp3) is 0.308. The zero-order valence-corrected chi connectivity index (χ0v) is 12.5. The monoisotopic (exact) mass is 307 g/mol. The van der Waals surface area contributed by atoms with Gasteiger partial charge in [-0.3, -0.25) is 4.79 Å². The molecule has 0 bridgehead atoms. The highest BCUT2D eigenvalue weighted by atomic mass is 16.5. The van der Waals surface area contributed by atoms with Gasteiger partial charge in [-0.2, -0.15) is 0 Å². The number of ether oxygens (including phenoxy) is 3. The van der Waals surface area contributed by atoms with Crippen LogP contribution in [0.25, 0.3) is 0 Å². The first-order valence-corrected chi connectivity index (χ1v) is 6.29. The topological polar surface area (TPSA) is 128 Å². The SMILES string of the molecule is COc1cc(Cn2nnc(C(N)=O)c2N)cc(OC)c1OC. The molecule has 0 aliphatic carbocycles. The quantitative estimate of drug-likeness (QED) is 0.770. The first-order chi connectivity index (χ1) is 10.5. The molecule has 0 spiro atoms. The molecule has 1 aromatic heterocycles. The van der Waals surface area contributed by atoms with Gasteiger partial charge in [0.05, 0.1) is 27.9 Å². The second-order valence-electron chi connectivity index (χ2n) is 4.38. The maximum absolute atomic E-state index is 11.1. The Bertz CT molecular complexity index is 673. The van der Waals surface area contributed by atoms with Crippen molar-refractivity contribution in [1.29, 1.82) is 0 Å². The molecule has 0 aliphatic rings. The minimum Gasteiger partial charge on any atom is -0.493 e. The normalized spacial score (nSPS) is 10.3. The summed E-state index contributed by atoms with van der Waals surface area (Å²) in [6.07, 6.45) is 0. The van der Waals surface area contributed by atoms with Gasteiger partial charge in [-0.1, -0.05) is 5.21 Å². The summed E-state index contributed by atoms with van der Waals surface area (Å²) < 4.78 is 17.2. The molecule has 4 N–H and O–H groups in total. The predicted molar refractivity (Wildman–Crippen MR) is 78.2 cm³/mol. The highest BCUT2D eigenvalue weighted by molar-refractivity contribution is 5.94. The Labute approximate surface area is 126 Å². The molecule has 9 nitrogen and oxygen atoms in total. The number of nitrogens with two attached hydrogens (primary N) is 2. The summed E-state index contributed by atoms with van der Waals surface area (Å²) in [5.74, 6) is 0.865. The third-order valence-corrected chi connectivity index (χ3v) is 3.06. The van der Waals surface area contributed by atoms with Crippen LogP contribution in [-0.4, -0.2) is 42.2 Å². The molecule has 0 unspecified atom stereocenters. The largest absolute Gasteiger partial charge is 0.493 e. The van der Waals surface area contributed by atoms with Gasteiger partial charge < -0.3 is 25.7 Å². The average Bonchev–Trinajstić information content (AvgIpc) is 2.87. The van der Waals surface area contributed by atoms with Gasteiger partial charge in [0.15, 0.2) is 23.0 Å². The lowest BCUT2D eigenvalue weighted by atomic mass is 10.2. The third-order valence-electron chi connectivity index (χ3n) is 3.06. The van der Waals surface area contributed by atoms with E-state index in [1.165, 1.54) is 26.0 Å². The number of nitrogens with zero attached hydrogens (tertiary/aromatic N) is 3. The highest BCUT2D eigenvalue weighted by Crippen LogP contribution is 2.38. The molecule has 0 aliphatic heterocycles. The summed E-state index contributed by atoms with van der Waals surface area (Å²) in [5.41, 5.74) is 11.7. The molecule has 22 heavy (non-hydrogen) atoms. The summed E-state index contributed by atoms with van der Waals surface area (Å²) in [4.78, 5) is 11.1. The lowest BCUT2D eigenvalue weighted by Gasteiger charge is -2.14. The van der Waals surface area contributed by atoms with Gasteiger partial charge in [-0.15, -0.1) is 5.10 Å². The molecule has 9 heteroatoms. The van der Waals surface area contributed by atoms with E-state index in [0.29, 0.717) is 17.2 Å². The van der Waals surface area contributed by atoms with Crippen LogP contribution in [0.15, 0.2) is 12.1 Å². The summed E-state index contributed by atoms with van der Waals surface area (Å²) in [6.45, 7) is 0.267. The first-order valence-electron chi connectivity index (χ1n) is 6.29. The minimum atomic E-state index is -0.728. The fourth-order valence-corrected chi connectivity index (χ4v) is 2.01. The van der Waals surface area contributed by atoms with Crippen molar-refractivity contribution in [2.45, 2.75) is 6.54 Å². The first kappa shape index (κ1) is 15.4. The molecule has 0 fully saturated rings. The van der Waals surface area contributed by atoms with E-state index in [0.717, 1.165) is 5.56 Å². The number of methoxy groups -OCH3 is 3. The van der Waals surface area contributed by atoms with E-state index in [-0.39, 0.29) is 18.1 Å². The van der Waals surface area contributed by atoms with Gasteiger partial charge in [-0.05, 0) is 17.7 Å². The van der Waals surface area contributed by atoms with Crippen LogP contribution in [0.1, 0.15) is 16.1 Å². The lowest BCUT2D eigenvalue weighted by Crippen LogP contribution is -2.15. The summed E-state index contributed by atoms with van der Waals surface area (Å²) >= 11 is 0. The zero-order chi connectivity index (χ0) is 16.3. The van der Waals surface area contributed by atoms with Crippen LogP contribution in [0.4, 0.5) is 5.82 Å². The van der Waals surface area contributed by atoms with Crippen molar-refractivity contribution in [3.8, 4) is 17.2 Å². The standard InChI is InChI=1S/C13H17N5O4/c1-20-8-4-7(5-9(21-2)11(8)22-3)6-18-12(14)10(13(15)19)16-17-18/h4-5H,6,14H2,1-3H3,(H2,15,19). The van der Waals surface area contributed by atoms with Gasteiger partial charge in [0.2, 0.25) is 5.75 Å². The Kier molecular flexibility index (Phi) is 4.35. The van der Waals surface area contributed by atoms with E-state index in [4.69, 9.17) is 25.7 Å². The molecular weight excluding hydrogens is 290 g/mol. The Hall–Kier alpha value is -2.97. The molecule has 0 radical (unpaired) electrons. The summed E-state index contributed by atoms with van der Waals surface area (Å²) in [5, 5.41) is 7.47. The second-order valence-corrected chi connectivity index (χ2v) is 4.38. The number of carbonyl (C=O) groups excluding carboxylic acids is 1. The van der Waals surface area contributed by atoms with Crippen molar-refractivity contribution < 1.29 is 19.0 Å². The van der Waals surface area contributed by atoms with E-state index >= 15 is 0 Å². The number of benzene rings is 1. The van der Waals surface area contributed by atoms with Gasteiger partial charge in [0.25, 0.3) is 5.91 Å². The Morgan fingerprint density at radius 2 is 1.77 bits per heavy atom. The molecule has 2 aromatic rings. The van der Waals surface area contributed by atoms with E-state index in [2.05, 4.69) is 10.3 Å². The van der Waals surface area contributed by atoms with Crippen LogP contribution in [0.3, 0.4) is 0 Å². The molecule has 1 heterocycles. The maximum atomic E-state index is 11.1. The molecule has 0 saturated carbocycles. The number of rotatable bonds is 6. The number of hydrogen-bond donors (Lipinski definition) is 2. The summed E-state index contributed by atoms with van der Waals surface area (Å²) in [6, 6.07) is 3.51. The van der Waals surface area contributed by atoms with Crippen molar-refractivity contribution >= 4 is 11.7 Å². The average molecular weight is 307 g/mol. The molecule has 0 saturated heterocycles. The number of amides is 1. The van der Waals surface area contributed by atoms with Crippen LogP contribution >= 0.6 is 0 Å². The van der Waals surface area contributed by atoms with Crippen molar-refractivity contribution in [2.75, 3.05) is 27.1 Å². The molecule has 118 valence electrons. The van der Waals surface area contributed by atoms with Gasteiger partial charge >= 0.3 is 0 Å². The number of anilines is 1. The van der Waals surface area contributed by atoms with Crippen molar-refractivity contribution in [1.82, 2.24) is 15.0 Å². The molecule has 0 atom stereocenters. The Balaban J connectivity index is 2.40. The zero-order valence-electron chi connectivity index (χ0n) is 12.5. The number of nitrogen functional groups attached to an aromatic ring is 1. The van der Waals surface area contributed by atoms with Gasteiger partial charge in [-0.25, -0.2) is 4.68 Å². The number of carbonyl (C=O) groups is 1. The second kappa shape index (κ2) is 6.20. The predicted octanol–water partition coefficient (Wildman–Crippen LogP) is 0.0333. The summed E-state index contributed by atoms with van der Waals surface area (Å²) in [7, 11) is 4.57. The van der Waals surface area contributed by atoms with Crippen LogP contribution in [0.5, 0.6) is 17.2 Å². The maximum Gasteiger partial charge on any atom is 0.273 e. The Morgan fingerprint density at radius 3 is 2.18 bits per heavy atom. The van der Waals surface area contributed by atoms with Crippen LogP contribution in [-0.2, 0) is 6.54 Å². The minimum absolute atomic E-state index is 0.0626. The molecular formula is C13H17N5O4. The van der Waals surface area contributed by atoms with Crippen molar-refractivity contribution in [2.24, 2.45) is 5.73 Å². The van der Waals surface area contributed by atoms with Crippen LogP contribution in [0, 0.1) is 0 Å². The molecule has 2 rings (SSSR count). The van der Waals surface area contributed by atoms with E-state index in [1.54, 1.807) is 12.1 Å². The van der Waals surface area contributed by atoms with E-state index < -0.39 is 5.91 Å². The van der Waals surface area contributed by atoms with Gasteiger partial charge in [0.1, 0.15) is 0 Å². The number of hydrogen-bond acceptors (Lipinski definition) is 7. The molecule has 1 aromatic carbocycles. The van der Waals surface area contributed by atoms with E-state index in [9.17, 15) is 4.79 Å². The van der Waals surface area contributed by atoms with Crippen molar-refractivity contribution in [3.63, 3.8) is 0 Å². The molecule has 1 amide bonds. The highest BCUT2D eigenvalue weighted by Gasteiger charge is 2.17. The Morgan fingerprint density at radius 1 is 1.18 bits per heavy atom. The van der Waals surface area contributed by atoms with Crippen LogP contribution < -0.4 is 25.7 Å². The third kappa shape index (κ3) is 2.73. The lowest BCUT2D eigenvalue weighted by molar-refractivity contribution is 0.0996. The van der Waals surface area contributed by atoms with E-state index in [1.807, 2.05) is 0 Å². The smallest absolute Gasteiger partial charge is 0.273 e. The van der Waals surface area contributed by atoms with Crippen LogP contribution in [0.2, 0.25) is 0 Å². The fourth-order valence-electron chi connectivity index (χ4n) is 2.01. The van der Waals surface area contributed by atoms with Gasteiger partial charge in [0, 0.05) is 0 Å².